The number of hydrogen-bond donors (Lipinski definition) is 0. The van der Waals surface area contributed by atoms with Crippen LogP contribution < -0.4 is 0 Å². The standard InChI is InChI=1S/C12H25N/c1-7-8-12(5,6)9-11(4)13-10(2)3/h10H,7-9H2,1-6H3. The van der Waals surface area contributed by atoms with Gasteiger partial charge in [0.1, 0.15) is 0 Å². The normalized spacial score (nSPS) is 13.9. The van der Waals surface area contributed by atoms with Crippen molar-refractivity contribution >= 4 is 5.71 Å². The van der Waals surface area contributed by atoms with Crippen molar-refractivity contribution in [2.75, 3.05) is 0 Å². The van der Waals surface area contributed by atoms with Crippen LogP contribution in [0.2, 0.25) is 0 Å². The minimum atomic E-state index is 0.428. The summed E-state index contributed by atoms with van der Waals surface area (Å²) in [5.41, 5.74) is 1.73. The highest BCUT2D eigenvalue weighted by atomic mass is 14.8. The van der Waals surface area contributed by atoms with E-state index in [0.29, 0.717) is 11.5 Å². The van der Waals surface area contributed by atoms with Crippen LogP contribution in [0.4, 0.5) is 0 Å². The molecule has 0 heterocycles. The maximum atomic E-state index is 4.56. The van der Waals surface area contributed by atoms with Crippen molar-refractivity contribution in [3.63, 3.8) is 0 Å². The molecule has 13 heavy (non-hydrogen) atoms. The highest BCUT2D eigenvalue weighted by Crippen LogP contribution is 2.27. The molecular formula is C12H25N. The van der Waals surface area contributed by atoms with Crippen LogP contribution >= 0.6 is 0 Å². The molecule has 0 aliphatic carbocycles. The Morgan fingerprint density at radius 2 is 1.85 bits per heavy atom. The molecule has 0 bridgehead atoms. The van der Waals surface area contributed by atoms with Crippen molar-refractivity contribution in [2.24, 2.45) is 10.4 Å². The first kappa shape index (κ1) is 12.7. The molecular weight excluding hydrogens is 158 g/mol. The van der Waals surface area contributed by atoms with E-state index in [-0.39, 0.29) is 0 Å². The molecule has 0 atom stereocenters. The molecule has 0 fully saturated rings. The van der Waals surface area contributed by atoms with E-state index in [4.69, 9.17) is 0 Å². The monoisotopic (exact) mass is 183 g/mol. The van der Waals surface area contributed by atoms with E-state index in [0.717, 1.165) is 6.42 Å². The van der Waals surface area contributed by atoms with Crippen LogP contribution in [0.1, 0.15) is 60.8 Å². The van der Waals surface area contributed by atoms with E-state index in [1.165, 1.54) is 18.6 Å². The second-order valence-corrected chi connectivity index (χ2v) is 5.05. The first-order valence-corrected chi connectivity index (χ1v) is 5.40. The average molecular weight is 183 g/mol. The molecule has 78 valence electrons. The first-order chi connectivity index (χ1) is 5.87. The lowest BCUT2D eigenvalue weighted by atomic mass is 9.83. The first-order valence-electron chi connectivity index (χ1n) is 5.40. The Bertz CT molecular complexity index is 166. The van der Waals surface area contributed by atoms with Gasteiger partial charge in [-0.15, -0.1) is 0 Å². The van der Waals surface area contributed by atoms with Crippen molar-refractivity contribution in [3.05, 3.63) is 0 Å². The van der Waals surface area contributed by atoms with E-state index < -0.39 is 0 Å². The van der Waals surface area contributed by atoms with Crippen LogP contribution in [-0.4, -0.2) is 11.8 Å². The molecule has 0 spiro atoms. The van der Waals surface area contributed by atoms with Gasteiger partial charge in [0, 0.05) is 11.8 Å². The van der Waals surface area contributed by atoms with E-state index in [1.54, 1.807) is 0 Å². The van der Waals surface area contributed by atoms with Gasteiger partial charge in [0.05, 0.1) is 0 Å². The van der Waals surface area contributed by atoms with Gasteiger partial charge in [-0.05, 0) is 39.0 Å². The van der Waals surface area contributed by atoms with E-state index in [2.05, 4.69) is 46.5 Å². The third-order valence-corrected chi connectivity index (χ3v) is 2.14. The average Bonchev–Trinajstić information content (AvgIpc) is 1.81. The summed E-state index contributed by atoms with van der Waals surface area (Å²) in [7, 11) is 0. The van der Waals surface area contributed by atoms with Gasteiger partial charge in [0.25, 0.3) is 0 Å². The summed E-state index contributed by atoms with van der Waals surface area (Å²) in [6, 6.07) is 0.442. The van der Waals surface area contributed by atoms with Crippen LogP contribution in [0.15, 0.2) is 4.99 Å². The molecule has 0 unspecified atom stereocenters. The van der Waals surface area contributed by atoms with Gasteiger partial charge in [-0.1, -0.05) is 27.2 Å². The van der Waals surface area contributed by atoms with Crippen LogP contribution in [0.3, 0.4) is 0 Å². The Morgan fingerprint density at radius 3 is 2.23 bits per heavy atom. The molecule has 0 aliphatic rings. The number of nitrogens with zero attached hydrogens (tertiary/aromatic N) is 1. The van der Waals surface area contributed by atoms with E-state index >= 15 is 0 Å². The zero-order chi connectivity index (χ0) is 10.5. The Morgan fingerprint density at radius 1 is 1.31 bits per heavy atom. The number of aliphatic imine (C=N–C) groups is 1. The van der Waals surface area contributed by atoms with Crippen LogP contribution in [0.25, 0.3) is 0 Å². The smallest absolute Gasteiger partial charge is 0.0442 e. The fourth-order valence-electron chi connectivity index (χ4n) is 1.94. The fraction of sp³-hybridized carbons (Fsp3) is 0.917. The lowest BCUT2D eigenvalue weighted by molar-refractivity contribution is 0.345. The molecule has 0 aromatic heterocycles. The Hall–Kier alpha value is -0.330. The maximum absolute atomic E-state index is 4.56. The van der Waals surface area contributed by atoms with Gasteiger partial charge in [-0.25, -0.2) is 0 Å². The lowest BCUT2D eigenvalue weighted by Gasteiger charge is -2.23. The second-order valence-electron chi connectivity index (χ2n) is 5.05. The summed E-state index contributed by atoms with van der Waals surface area (Å²) >= 11 is 0. The predicted molar refractivity (Wildman–Crippen MR) is 61.6 cm³/mol. The van der Waals surface area contributed by atoms with Crippen molar-refractivity contribution in [1.29, 1.82) is 0 Å². The minimum Gasteiger partial charge on any atom is -0.292 e. The van der Waals surface area contributed by atoms with Gasteiger partial charge in [-0.2, -0.15) is 0 Å². The van der Waals surface area contributed by atoms with Gasteiger partial charge >= 0.3 is 0 Å². The summed E-state index contributed by atoms with van der Waals surface area (Å²) in [6.45, 7) is 13.3. The van der Waals surface area contributed by atoms with Crippen LogP contribution in [-0.2, 0) is 0 Å². The van der Waals surface area contributed by atoms with Gasteiger partial charge < -0.3 is 0 Å². The second kappa shape index (κ2) is 5.41. The summed E-state index contributed by atoms with van der Waals surface area (Å²) in [5.74, 6) is 0. The molecule has 0 aliphatic heterocycles. The van der Waals surface area contributed by atoms with Crippen molar-refractivity contribution < 1.29 is 0 Å². The molecule has 0 aromatic carbocycles. The Kier molecular flexibility index (Phi) is 5.27. The highest BCUT2D eigenvalue weighted by Gasteiger charge is 2.17. The lowest BCUT2D eigenvalue weighted by Crippen LogP contribution is -2.16. The number of rotatable bonds is 5. The molecule has 0 amide bonds. The fourth-order valence-corrected chi connectivity index (χ4v) is 1.94. The number of hydrogen-bond acceptors (Lipinski definition) is 1. The largest absolute Gasteiger partial charge is 0.292 e. The third kappa shape index (κ3) is 6.80. The highest BCUT2D eigenvalue weighted by molar-refractivity contribution is 5.82. The molecule has 0 saturated heterocycles. The molecule has 0 rings (SSSR count). The molecule has 0 N–H and O–H groups in total. The molecule has 0 aromatic rings. The quantitative estimate of drug-likeness (QED) is 0.570. The third-order valence-electron chi connectivity index (χ3n) is 2.14. The zero-order valence-corrected chi connectivity index (χ0v) is 10.1. The summed E-state index contributed by atoms with van der Waals surface area (Å²) < 4.78 is 0. The summed E-state index contributed by atoms with van der Waals surface area (Å²) in [6.07, 6.45) is 3.69. The predicted octanol–water partition coefficient (Wildman–Crippen LogP) is 4.07. The van der Waals surface area contributed by atoms with Crippen molar-refractivity contribution in [3.8, 4) is 0 Å². The summed E-state index contributed by atoms with van der Waals surface area (Å²) in [5, 5.41) is 0. The van der Waals surface area contributed by atoms with Gasteiger partial charge in [0.15, 0.2) is 0 Å². The van der Waals surface area contributed by atoms with Crippen LogP contribution in [0.5, 0.6) is 0 Å². The van der Waals surface area contributed by atoms with Crippen molar-refractivity contribution in [1.82, 2.24) is 0 Å². The summed E-state index contributed by atoms with van der Waals surface area (Å²) in [4.78, 5) is 4.56. The van der Waals surface area contributed by atoms with Gasteiger partial charge in [-0.3, -0.25) is 4.99 Å². The Labute approximate surface area is 83.6 Å². The maximum Gasteiger partial charge on any atom is 0.0442 e. The van der Waals surface area contributed by atoms with E-state index in [9.17, 15) is 0 Å². The Balaban J connectivity index is 4.10. The van der Waals surface area contributed by atoms with Gasteiger partial charge in [0.2, 0.25) is 0 Å². The van der Waals surface area contributed by atoms with E-state index in [1.807, 2.05) is 0 Å². The molecule has 0 saturated carbocycles. The molecule has 1 heteroatoms. The zero-order valence-electron chi connectivity index (χ0n) is 10.1. The van der Waals surface area contributed by atoms with Crippen molar-refractivity contribution in [2.45, 2.75) is 66.8 Å². The minimum absolute atomic E-state index is 0.428. The van der Waals surface area contributed by atoms with Crippen LogP contribution in [0, 0.1) is 5.41 Å². The topological polar surface area (TPSA) is 12.4 Å². The SMILES string of the molecule is CCCC(C)(C)CC(C)=NC(C)C. The molecule has 0 radical (unpaired) electrons. The molecule has 1 nitrogen and oxygen atoms in total.